The van der Waals surface area contributed by atoms with Crippen molar-refractivity contribution >= 4 is 11.6 Å². The van der Waals surface area contributed by atoms with Gasteiger partial charge in [0.25, 0.3) is 0 Å². The SMILES string of the molecule is CN(c1ccc(C(N)=O)cc1)C(CN)C1CC1. The number of likely N-dealkylation sites (N-methyl/N-ethyl adjacent to an activating group) is 1. The van der Waals surface area contributed by atoms with Crippen molar-refractivity contribution in [1.29, 1.82) is 0 Å². The highest BCUT2D eigenvalue weighted by Gasteiger charge is 2.32. The first-order valence-corrected chi connectivity index (χ1v) is 5.96. The monoisotopic (exact) mass is 233 g/mol. The van der Waals surface area contributed by atoms with Crippen LogP contribution < -0.4 is 16.4 Å². The minimum atomic E-state index is -0.392. The summed E-state index contributed by atoms with van der Waals surface area (Å²) in [5, 5.41) is 0. The van der Waals surface area contributed by atoms with Crippen LogP contribution in [0.4, 0.5) is 5.69 Å². The Morgan fingerprint density at radius 1 is 1.41 bits per heavy atom. The summed E-state index contributed by atoms with van der Waals surface area (Å²) in [6.45, 7) is 0.665. The number of primary amides is 1. The highest BCUT2D eigenvalue weighted by molar-refractivity contribution is 5.93. The summed E-state index contributed by atoms with van der Waals surface area (Å²) >= 11 is 0. The van der Waals surface area contributed by atoms with Gasteiger partial charge in [0, 0.05) is 30.9 Å². The number of nitrogens with two attached hydrogens (primary N) is 2. The molecule has 0 radical (unpaired) electrons. The van der Waals surface area contributed by atoms with Crippen LogP contribution in [-0.4, -0.2) is 25.5 Å². The van der Waals surface area contributed by atoms with Gasteiger partial charge in [-0.25, -0.2) is 0 Å². The molecule has 92 valence electrons. The van der Waals surface area contributed by atoms with Crippen LogP contribution in [0.1, 0.15) is 23.2 Å². The minimum absolute atomic E-state index is 0.392. The van der Waals surface area contributed by atoms with Gasteiger partial charge in [-0.1, -0.05) is 0 Å². The lowest BCUT2D eigenvalue weighted by Crippen LogP contribution is -2.39. The third-order valence-corrected chi connectivity index (χ3v) is 3.46. The third kappa shape index (κ3) is 2.58. The maximum absolute atomic E-state index is 11.0. The van der Waals surface area contributed by atoms with Crippen LogP contribution in [0.5, 0.6) is 0 Å². The Kier molecular flexibility index (Phi) is 3.33. The topological polar surface area (TPSA) is 72.3 Å². The molecule has 4 nitrogen and oxygen atoms in total. The highest BCUT2D eigenvalue weighted by Crippen LogP contribution is 2.36. The van der Waals surface area contributed by atoms with Gasteiger partial charge in [0.05, 0.1) is 0 Å². The molecule has 1 aliphatic rings. The van der Waals surface area contributed by atoms with Gasteiger partial charge >= 0.3 is 0 Å². The van der Waals surface area contributed by atoms with E-state index in [1.807, 2.05) is 12.1 Å². The van der Waals surface area contributed by atoms with Gasteiger partial charge in [-0.2, -0.15) is 0 Å². The van der Waals surface area contributed by atoms with Crippen LogP contribution in [0.2, 0.25) is 0 Å². The Labute approximate surface area is 102 Å². The van der Waals surface area contributed by atoms with Crippen LogP contribution in [0.3, 0.4) is 0 Å². The molecule has 0 spiro atoms. The average Bonchev–Trinajstić information content (AvgIpc) is 3.14. The molecule has 2 rings (SSSR count). The van der Waals surface area contributed by atoms with E-state index in [2.05, 4.69) is 11.9 Å². The number of carbonyl (C=O) groups is 1. The number of amides is 1. The quantitative estimate of drug-likeness (QED) is 0.795. The van der Waals surface area contributed by atoms with Crippen LogP contribution in [0.15, 0.2) is 24.3 Å². The van der Waals surface area contributed by atoms with Crippen LogP contribution in [0.25, 0.3) is 0 Å². The smallest absolute Gasteiger partial charge is 0.248 e. The first-order chi connectivity index (χ1) is 8.13. The molecule has 0 aromatic heterocycles. The summed E-state index contributed by atoms with van der Waals surface area (Å²) in [5.41, 5.74) is 12.6. The number of benzene rings is 1. The molecule has 1 atom stereocenters. The lowest BCUT2D eigenvalue weighted by Gasteiger charge is -2.29. The van der Waals surface area contributed by atoms with E-state index in [1.54, 1.807) is 12.1 Å². The van der Waals surface area contributed by atoms with E-state index in [9.17, 15) is 4.79 Å². The molecule has 1 amide bonds. The van der Waals surface area contributed by atoms with E-state index in [0.717, 1.165) is 11.6 Å². The zero-order valence-corrected chi connectivity index (χ0v) is 10.1. The summed E-state index contributed by atoms with van der Waals surface area (Å²) in [6, 6.07) is 7.76. The second-order valence-corrected chi connectivity index (χ2v) is 4.66. The summed E-state index contributed by atoms with van der Waals surface area (Å²) < 4.78 is 0. The molecule has 1 aliphatic carbocycles. The third-order valence-electron chi connectivity index (χ3n) is 3.46. The lowest BCUT2D eigenvalue weighted by atomic mass is 10.1. The molecule has 1 unspecified atom stereocenters. The van der Waals surface area contributed by atoms with Gasteiger partial charge in [0.1, 0.15) is 0 Å². The second kappa shape index (κ2) is 4.75. The molecule has 1 aromatic carbocycles. The van der Waals surface area contributed by atoms with Crippen molar-refractivity contribution in [3.63, 3.8) is 0 Å². The van der Waals surface area contributed by atoms with Crippen molar-refractivity contribution in [3.05, 3.63) is 29.8 Å². The average molecular weight is 233 g/mol. The van der Waals surface area contributed by atoms with Crippen molar-refractivity contribution in [2.45, 2.75) is 18.9 Å². The fraction of sp³-hybridized carbons (Fsp3) is 0.462. The molecule has 1 saturated carbocycles. The predicted octanol–water partition coefficient (Wildman–Crippen LogP) is 0.959. The molecule has 17 heavy (non-hydrogen) atoms. The van der Waals surface area contributed by atoms with Crippen molar-refractivity contribution in [3.8, 4) is 0 Å². The number of nitrogens with zero attached hydrogens (tertiary/aromatic N) is 1. The molecule has 0 heterocycles. The first-order valence-electron chi connectivity index (χ1n) is 5.96. The maximum Gasteiger partial charge on any atom is 0.248 e. The van der Waals surface area contributed by atoms with Gasteiger partial charge in [0.2, 0.25) is 5.91 Å². The molecule has 4 heteroatoms. The molecular weight excluding hydrogens is 214 g/mol. The summed E-state index contributed by atoms with van der Waals surface area (Å²) in [6.07, 6.45) is 2.54. The number of hydrogen-bond acceptors (Lipinski definition) is 3. The van der Waals surface area contributed by atoms with E-state index in [1.165, 1.54) is 12.8 Å². The summed E-state index contributed by atoms with van der Waals surface area (Å²) in [7, 11) is 2.05. The Morgan fingerprint density at radius 2 is 2.00 bits per heavy atom. The fourth-order valence-corrected chi connectivity index (χ4v) is 2.20. The molecule has 0 bridgehead atoms. The van der Waals surface area contributed by atoms with Gasteiger partial charge < -0.3 is 16.4 Å². The van der Waals surface area contributed by atoms with Gasteiger partial charge in [-0.05, 0) is 43.0 Å². The number of carbonyl (C=O) groups excluding carboxylic acids is 1. The van der Waals surface area contributed by atoms with Crippen molar-refractivity contribution in [2.75, 3.05) is 18.5 Å². The lowest BCUT2D eigenvalue weighted by molar-refractivity contribution is 0.100. The van der Waals surface area contributed by atoms with E-state index in [-0.39, 0.29) is 0 Å². The van der Waals surface area contributed by atoms with Crippen LogP contribution >= 0.6 is 0 Å². The molecule has 0 aliphatic heterocycles. The normalized spacial score (nSPS) is 16.6. The van der Waals surface area contributed by atoms with Crippen molar-refractivity contribution in [2.24, 2.45) is 17.4 Å². The Hall–Kier alpha value is -1.55. The van der Waals surface area contributed by atoms with E-state index >= 15 is 0 Å². The molecule has 0 saturated heterocycles. The largest absolute Gasteiger partial charge is 0.370 e. The Balaban J connectivity index is 2.12. The zero-order chi connectivity index (χ0) is 12.4. The van der Waals surface area contributed by atoms with Crippen LogP contribution in [-0.2, 0) is 0 Å². The van der Waals surface area contributed by atoms with E-state index < -0.39 is 5.91 Å². The molecular formula is C13H19N3O. The zero-order valence-electron chi connectivity index (χ0n) is 10.1. The molecule has 1 fully saturated rings. The predicted molar refractivity (Wildman–Crippen MR) is 68.9 cm³/mol. The highest BCUT2D eigenvalue weighted by atomic mass is 16.1. The van der Waals surface area contributed by atoms with Gasteiger partial charge in [0.15, 0.2) is 0 Å². The fourth-order valence-electron chi connectivity index (χ4n) is 2.20. The number of anilines is 1. The van der Waals surface area contributed by atoms with E-state index in [0.29, 0.717) is 18.2 Å². The van der Waals surface area contributed by atoms with E-state index in [4.69, 9.17) is 11.5 Å². The standard InChI is InChI=1S/C13H19N3O/c1-16(12(8-14)9-2-3-9)11-6-4-10(5-7-11)13(15)17/h4-7,9,12H,2-3,8,14H2,1H3,(H2,15,17). The first kappa shape index (κ1) is 11.9. The van der Waals surface area contributed by atoms with Crippen LogP contribution in [0, 0.1) is 5.92 Å². The van der Waals surface area contributed by atoms with Gasteiger partial charge in [-0.15, -0.1) is 0 Å². The minimum Gasteiger partial charge on any atom is -0.370 e. The molecule has 1 aromatic rings. The Morgan fingerprint density at radius 3 is 2.41 bits per heavy atom. The maximum atomic E-state index is 11.0. The Bertz CT molecular complexity index is 398. The summed E-state index contributed by atoms with van der Waals surface area (Å²) in [4.78, 5) is 13.2. The second-order valence-electron chi connectivity index (χ2n) is 4.66. The van der Waals surface area contributed by atoms with Gasteiger partial charge in [-0.3, -0.25) is 4.79 Å². The van der Waals surface area contributed by atoms with Crippen molar-refractivity contribution < 1.29 is 4.79 Å². The summed E-state index contributed by atoms with van der Waals surface area (Å²) in [5.74, 6) is 0.331. The van der Waals surface area contributed by atoms with Crippen molar-refractivity contribution in [1.82, 2.24) is 0 Å². The number of hydrogen-bond donors (Lipinski definition) is 2. The molecule has 4 N–H and O–H groups in total. The number of rotatable bonds is 5.